The van der Waals surface area contributed by atoms with Gasteiger partial charge in [-0.2, -0.15) is 13.2 Å². The lowest BCUT2D eigenvalue weighted by atomic mass is 10.0. The average molecular weight is 337 g/mol. The Morgan fingerprint density at radius 2 is 1.37 bits per heavy atom. The van der Waals surface area contributed by atoms with E-state index in [-0.39, 0.29) is 10.0 Å². The van der Waals surface area contributed by atoms with Crippen molar-refractivity contribution in [3.8, 4) is 11.1 Å². The second kappa shape index (κ2) is 4.92. The first-order valence-electron chi connectivity index (χ1n) is 5.11. The van der Waals surface area contributed by atoms with Crippen molar-refractivity contribution in [3.63, 3.8) is 0 Å². The molecule has 0 fully saturated rings. The van der Waals surface area contributed by atoms with E-state index in [9.17, 15) is 22.0 Å². The molecule has 2 rings (SSSR count). The maximum absolute atomic E-state index is 13.1. The Balaban J connectivity index is 2.46. The van der Waals surface area contributed by atoms with E-state index in [0.29, 0.717) is 5.56 Å². The Labute approximate surface area is 114 Å². The predicted octanol–water partition coefficient (Wildman–Crippen LogP) is 5.41. The summed E-state index contributed by atoms with van der Waals surface area (Å²) < 4.78 is 63.5. The summed E-state index contributed by atoms with van der Waals surface area (Å²) in [5, 5.41) is 0. The highest BCUT2D eigenvalue weighted by atomic mass is 79.9. The molecule has 0 aliphatic rings. The summed E-state index contributed by atoms with van der Waals surface area (Å²) in [5.74, 6) is -2.08. The van der Waals surface area contributed by atoms with Crippen LogP contribution in [0.2, 0.25) is 0 Å². The van der Waals surface area contributed by atoms with Crippen LogP contribution in [0.5, 0.6) is 0 Å². The summed E-state index contributed by atoms with van der Waals surface area (Å²) in [6.45, 7) is 0. The standard InChI is InChI=1S/C13H6BrF5/c14-10-6-12(16)11(15)5-9(10)7-1-3-8(4-2-7)13(17,18)19/h1-6H. The van der Waals surface area contributed by atoms with Gasteiger partial charge in [0.2, 0.25) is 0 Å². The van der Waals surface area contributed by atoms with Crippen LogP contribution in [0.25, 0.3) is 11.1 Å². The molecule has 19 heavy (non-hydrogen) atoms. The van der Waals surface area contributed by atoms with Crippen molar-refractivity contribution in [2.75, 3.05) is 0 Å². The molecule has 2 aromatic rings. The lowest BCUT2D eigenvalue weighted by molar-refractivity contribution is -0.137. The lowest BCUT2D eigenvalue weighted by Crippen LogP contribution is -2.04. The van der Waals surface area contributed by atoms with Crippen LogP contribution >= 0.6 is 15.9 Å². The number of hydrogen-bond donors (Lipinski definition) is 0. The first-order chi connectivity index (χ1) is 8.79. The minimum absolute atomic E-state index is 0.270. The molecule has 0 saturated carbocycles. The van der Waals surface area contributed by atoms with Gasteiger partial charge in [0.05, 0.1) is 5.56 Å². The second-order valence-corrected chi connectivity index (χ2v) is 4.68. The molecule has 0 unspecified atom stereocenters. The fourth-order valence-corrected chi connectivity index (χ4v) is 2.13. The second-order valence-electron chi connectivity index (χ2n) is 3.82. The van der Waals surface area contributed by atoms with Gasteiger partial charge < -0.3 is 0 Å². The number of benzene rings is 2. The summed E-state index contributed by atoms with van der Waals surface area (Å²) in [5.41, 5.74) is -0.152. The van der Waals surface area contributed by atoms with Crippen molar-refractivity contribution in [1.29, 1.82) is 0 Å². The molecule has 0 N–H and O–H groups in total. The SMILES string of the molecule is Fc1cc(Br)c(-c2ccc(C(F)(F)F)cc2)cc1F. The Bertz CT molecular complexity index is 602. The molecule has 0 atom stereocenters. The highest BCUT2D eigenvalue weighted by molar-refractivity contribution is 9.10. The fraction of sp³-hybridized carbons (Fsp3) is 0.0769. The van der Waals surface area contributed by atoms with Crippen LogP contribution in [0.3, 0.4) is 0 Å². The quantitative estimate of drug-likeness (QED) is 0.482. The number of rotatable bonds is 1. The van der Waals surface area contributed by atoms with Crippen LogP contribution in [0.4, 0.5) is 22.0 Å². The highest BCUT2D eigenvalue weighted by Gasteiger charge is 2.30. The molecule has 0 nitrogen and oxygen atoms in total. The normalized spacial score (nSPS) is 11.7. The number of hydrogen-bond acceptors (Lipinski definition) is 0. The molecule has 0 spiro atoms. The van der Waals surface area contributed by atoms with Crippen molar-refractivity contribution in [3.05, 3.63) is 58.1 Å². The highest BCUT2D eigenvalue weighted by Crippen LogP contribution is 2.34. The summed E-state index contributed by atoms with van der Waals surface area (Å²) in [6.07, 6.45) is -4.43. The maximum Gasteiger partial charge on any atom is 0.416 e. The molecule has 0 radical (unpaired) electrons. The third-order valence-corrected chi connectivity index (χ3v) is 3.19. The van der Waals surface area contributed by atoms with Crippen LogP contribution in [-0.4, -0.2) is 0 Å². The lowest BCUT2D eigenvalue weighted by Gasteiger charge is -2.09. The molecule has 0 bridgehead atoms. The average Bonchev–Trinajstić information content (AvgIpc) is 2.33. The largest absolute Gasteiger partial charge is 0.416 e. The van der Waals surface area contributed by atoms with Gasteiger partial charge in [0.1, 0.15) is 0 Å². The van der Waals surface area contributed by atoms with Crippen LogP contribution in [0, 0.1) is 11.6 Å². The van der Waals surface area contributed by atoms with Crippen molar-refractivity contribution in [2.24, 2.45) is 0 Å². The maximum atomic E-state index is 13.1. The van der Waals surface area contributed by atoms with Crippen molar-refractivity contribution < 1.29 is 22.0 Å². The van der Waals surface area contributed by atoms with E-state index in [1.807, 2.05) is 0 Å². The van der Waals surface area contributed by atoms with Crippen molar-refractivity contribution in [1.82, 2.24) is 0 Å². The van der Waals surface area contributed by atoms with Crippen LogP contribution in [0.15, 0.2) is 40.9 Å². The monoisotopic (exact) mass is 336 g/mol. The Morgan fingerprint density at radius 1 is 0.842 bits per heavy atom. The van der Waals surface area contributed by atoms with Crippen molar-refractivity contribution >= 4 is 15.9 Å². The predicted molar refractivity (Wildman–Crippen MR) is 64.5 cm³/mol. The third-order valence-electron chi connectivity index (χ3n) is 2.53. The summed E-state index contributed by atoms with van der Waals surface area (Å²) in [6, 6.07) is 6.07. The molecule has 0 aliphatic carbocycles. The van der Waals surface area contributed by atoms with Gasteiger partial charge in [-0.1, -0.05) is 28.1 Å². The molecule has 0 heterocycles. The molecule has 0 saturated heterocycles. The Hall–Kier alpha value is -1.43. The topological polar surface area (TPSA) is 0 Å². The van der Waals surface area contributed by atoms with Gasteiger partial charge in [-0.05, 0) is 35.4 Å². The van der Waals surface area contributed by atoms with E-state index < -0.39 is 23.4 Å². The van der Waals surface area contributed by atoms with Gasteiger partial charge in [0.25, 0.3) is 0 Å². The van der Waals surface area contributed by atoms with E-state index in [1.54, 1.807) is 0 Å². The minimum atomic E-state index is -4.43. The Morgan fingerprint density at radius 3 is 1.89 bits per heavy atom. The zero-order valence-corrected chi connectivity index (χ0v) is 10.8. The molecular formula is C13H6BrF5. The van der Waals surface area contributed by atoms with Crippen molar-refractivity contribution in [2.45, 2.75) is 6.18 Å². The van der Waals surface area contributed by atoms with Gasteiger partial charge in [0, 0.05) is 4.47 Å². The van der Waals surface area contributed by atoms with E-state index in [0.717, 1.165) is 24.3 Å². The first-order valence-corrected chi connectivity index (χ1v) is 5.90. The van der Waals surface area contributed by atoms with Gasteiger partial charge in [0.15, 0.2) is 11.6 Å². The van der Waals surface area contributed by atoms with Crippen LogP contribution < -0.4 is 0 Å². The smallest absolute Gasteiger partial charge is 0.204 e. The van der Waals surface area contributed by atoms with Crippen LogP contribution in [-0.2, 0) is 6.18 Å². The van der Waals surface area contributed by atoms with Gasteiger partial charge >= 0.3 is 6.18 Å². The number of halogens is 6. The first kappa shape index (κ1) is 14.0. The summed E-state index contributed by atoms with van der Waals surface area (Å²) in [4.78, 5) is 0. The van der Waals surface area contributed by atoms with Crippen LogP contribution in [0.1, 0.15) is 5.56 Å². The zero-order chi connectivity index (χ0) is 14.2. The van der Waals surface area contributed by atoms with Gasteiger partial charge in [-0.3, -0.25) is 0 Å². The molecule has 0 amide bonds. The number of alkyl halides is 3. The fourth-order valence-electron chi connectivity index (χ4n) is 1.58. The van der Waals surface area contributed by atoms with E-state index >= 15 is 0 Å². The van der Waals surface area contributed by atoms with Gasteiger partial charge in [-0.15, -0.1) is 0 Å². The van der Waals surface area contributed by atoms with E-state index in [4.69, 9.17) is 0 Å². The van der Waals surface area contributed by atoms with Gasteiger partial charge in [-0.25, -0.2) is 8.78 Å². The molecule has 2 aromatic carbocycles. The molecule has 6 heteroatoms. The molecule has 0 aliphatic heterocycles. The summed E-state index contributed by atoms with van der Waals surface area (Å²) in [7, 11) is 0. The molecule has 100 valence electrons. The Kier molecular flexibility index (Phi) is 3.62. The minimum Gasteiger partial charge on any atom is -0.204 e. The third kappa shape index (κ3) is 2.94. The zero-order valence-electron chi connectivity index (χ0n) is 9.23. The molecule has 0 aromatic heterocycles. The molecular weight excluding hydrogens is 331 g/mol. The van der Waals surface area contributed by atoms with E-state index in [1.165, 1.54) is 12.1 Å². The van der Waals surface area contributed by atoms with E-state index in [2.05, 4.69) is 15.9 Å². The summed E-state index contributed by atoms with van der Waals surface area (Å²) >= 11 is 3.05.